The van der Waals surface area contributed by atoms with Crippen molar-refractivity contribution in [2.75, 3.05) is 17.7 Å². The molecule has 0 spiro atoms. The fourth-order valence-electron chi connectivity index (χ4n) is 2.47. The van der Waals surface area contributed by atoms with Crippen LogP contribution in [0.4, 0.5) is 5.69 Å². The summed E-state index contributed by atoms with van der Waals surface area (Å²) in [5.41, 5.74) is 1.67. The van der Waals surface area contributed by atoms with E-state index < -0.39 is 40.0 Å². The molecule has 31 heavy (non-hydrogen) atoms. The molecule has 0 aliphatic carbocycles. The highest BCUT2D eigenvalue weighted by Crippen LogP contribution is 2.14. The molecule has 8 nitrogen and oxygen atoms in total. The van der Waals surface area contributed by atoms with Gasteiger partial charge in [0.1, 0.15) is 0 Å². The Morgan fingerprint density at radius 3 is 2.16 bits per heavy atom. The smallest absolute Gasteiger partial charge is 0.338 e. The van der Waals surface area contributed by atoms with Gasteiger partial charge in [-0.05, 0) is 57.2 Å². The van der Waals surface area contributed by atoms with Crippen molar-refractivity contribution >= 4 is 33.4 Å². The molecular weight excluding hydrogens is 422 g/mol. The molecular formula is C22H25NO7S. The SMILES string of the molecule is Cc1ccc(S(=O)(=O)CCC(=O)OCC(=O)Nc2ccc(C(=O)OC(C)C)cc2)cc1. The molecule has 0 radical (unpaired) electrons. The van der Waals surface area contributed by atoms with Crippen LogP contribution in [0.15, 0.2) is 53.4 Å². The summed E-state index contributed by atoms with van der Waals surface area (Å²) in [6.07, 6.45) is -0.607. The molecule has 1 amide bonds. The van der Waals surface area contributed by atoms with E-state index in [1.807, 2.05) is 6.92 Å². The molecule has 0 fully saturated rings. The topological polar surface area (TPSA) is 116 Å². The van der Waals surface area contributed by atoms with Crippen molar-refractivity contribution < 1.29 is 32.3 Å². The maximum Gasteiger partial charge on any atom is 0.338 e. The first kappa shape index (κ1) is 24.1. The highest BCUT2D eigenvalue weighted by Gasteiger charge is 2.18. The third-order valence-corrected chi connectivity index (χ3v) is 5.80. The molecule has 0 unspecified atom stereocenters. The summed E-state index contributed by atoms with van der Waals surface area (Å²) >= 11 is 0. The molecule has 0 aliphatic rings. The van der Waals surface area contributed by atoms with Crippen molar-refractivity contribution in [3.63, 3.8) is 0 Å². The van der Waals surface area contributed by atoms with E-state index in [-0.39, 0.29) is 17.4 Å². The summed E-state index contributed by atoms with van der Waals surface area (Å²) in [7, 11) is -3.62. The lowest BCUT2D eigenvalue weighted by atomic mass is 10.2. The summed E-state index contributed by atoms with van der Waals surface area (Å²) in [6.45, 7) is 4.77. The number of hydrogen-bond acceptors (Lipinski definition) is 7. The number of amides is 1. The Labute approximate surface area is 181 Å². The van der Waals surface area contributed by atoms with Gasteiger partial charge in [-0.25, -0.2) is 13.2 Å². The number of hydrogen-bond donors (Lipinski definition) is 1. The number of benzene rings is 2. The van der Waals surface area contributed by atoms with Gasteiger partial charge in [0, 0.05) is 5.69 Å². The summed E-state index contributed by atoms with van der Waals surface area (Å²) in [5, 5.41) is 2.52. The maximum absolute atomic E-state index is 12.2. The van der Waals surface area contributed by atoms with E-state index in [1.165, 1.54) is 36.4 Å². The third-order valence-electron chi connectivity index (χ3n) is 4.07. The number of sulfone groups is 1. The Balaban J connectivity index is 1.78. The van der Waals surface area contributed by atoms with Gasteiger partial charge in [0.15, 0.2) is 16.4 Å². The van der Waals surface area contributed by atoms with Gasteiger partial charge in [-0.3, -0.25) is 9.59 Å². The molecule has 0 bridgehead atoms. The number of aryl methyl sites for hydroxylation is 1. The van der Waals surface area contributed by atoms with Crippen molar-refractivity contribution in [2.45, 2.75) is 38.2 Å². The fourth-order valence-corrected chi connectivity index (χ4v) is 3.69. The normalized spacial score (nSPS) is 11.1. The zero-order chi connectivity index (χ0) is 23.0. The molecule has 0 saturated heterocycles. The van der Waals surface area contributed by atoms with E-state index >= 15 is 0 Å². The highest BCUT2D eigenvalue weighted by molar-refractivity contribution is 7.91. The van der Waals surface area contributed by atoms with E-state index in [0.717, 1.165) is 5.56 Å². The number of carbonyl (C=O) groups is 3. The summed E-state index contributed by atoms with van der Waals surface area (Å²) < 4.78 is 34.4. The van der Waals surface area contributed by atoms with Crippen molar-refractivity contribution in [3.8, 4) is 0 Å². The van der Waals surface area contributed by atoms with Crippen LogP contribution < -0.4 is 5.32 Å². The number of rotatable bonds is 9. The molecule has 166 valence electrons. The van der Waals surface area contributed by atoms with E-state index in [9.17, 15) is 22.8 Å². The monoisotopic (exact) mass is 447 g/mol. The van der Waals surface area contributed by atoms with Crippen LogP contribution in [0.3, 0.4) is 0 Å². The first-order valence-electron chi connectivity index (χ1n) is 9.63. The van der Waals surface area contributed by atoms with Crippen LogP contribution in [0.2, 0.25) is 0 Å². The Bertz CT molecular complexity index is 1030. The predicted octanol–water partition coefficient (Wildman–Crippen LogP) is 2.91. The summed E-state index contributed by atoms with van der Waals surface area (Å²) in [6, 6.07) is 12.4. The second-order valence-electron chi connectivity index (χ2n) is 7.12. The minimum absolute atomic E-state index is 0.129. The molecule has 1 N–H and O–H groups in total. The van der Waals surface area contributed by atoms with Gasteiger partial charge in [0.2, 0.25) is 0 Å². The second-order valence-corrected chi connectivity index (χ2v) is 9.23. The molecule has 2 aromatic carbocycles. The van der Waals surface area contributed by atoms with Gasteiger partial charge < -0.3 is 14.8 Å². The number of ether oxygens (including phenoxy) is 2. The molecule has 2 rings (SSSR count). The van der Waals surface area contributed by atoms with Crippen molar-refractivity contribution in [1.29, 1.82) is 0 Å². The minimum atomic E-state index is -3.62. The van der Waals surface area contributed by atoms with Crippen molar-refractivity contribution in [1.82, 2.24) is 0 Å². The summed E-state index contributed by atoms with van der Waals surface area (Å²) in [4.78, 5) is 35.7. The standard InChI is InChI=1S/C22H25NO7S/c1-15(2)30-22(26)17-6-8-18(9-7-17)23-20(24)14-29-21(25)12-13-31(27,28)19-10-4-16(3)5-11-19/h4-11,15H,12-14H2,1-3H3,(H,23,24). The third kappa shape index (κ3) is 7.86. The maximum atomic E-state index is 12.2. The first-order chi connectivity index (χ1) is 14.6. The Kier molecular flexibility index (Phi) is 8.32. The number of carbonyl (C=O) groups excluding carboxylic acids is 3. The van der Waals surface area contributed by atoms with Gasteiger partial charge in [0.25, 0.3) is 5.91 Å². The molecule has 0 atom stereocenters. The zero-order valence-corrected chi connectivity index (χ0v) is 18.4. The van der Waals surface area contributed by atoms with Crippen LogP contribution >= 0.6 is 0 Å². The van der Waals surface area contributed by atoms with E-state index in [1.54, 1.807) is 26.0 Å². The lowest BCUT2D eigenvalue weighted by Crippen LogP contribution is -2.22. The number of anilines is 1. The van der Waals surface area contributed by atoms with Gasteiger partial charge in [-0.2, -0.15) is 0 Å². The quantitative estimate of drug-likeness (QED) is 0.588. The van der Waals surface area contributed by atoms with Crippen LogP contribution in [0.5, 0.6) is 0 Å². The van der Waals surface area contributed by atoms with Gasteiger partial charge in [-0.15, -0.1) is 0 Å². The van der Waals surface area contributed by atoms with Crippen LogP contribution in [0, 0.1) is 6.92 Å². The lowest BCUT2D eigenvalue weighted by Gasteiger charge is -2.09. The summed E-state index contributed by atoms with van der Waals surface area (Å²) in [5.74, 6) is -2.27. The predicted molar refractivity (Wildman–Crippen MR) is 114 cm³/mol. The molecule has 0 aromatic heterocycles. The minimum Gasteiger partial charge on any atom is -0.459 e. The van der Waals surface area contributed by atoms with Crippen LogP contribution in [-0.2, 0) is 28.9 Å². The highest BCUT2D eigenvalue weighted by atomic mass is 32.2. The van der Waals surface area contributed by atoms with Crippen LogP contribution in [-0.4, -0.2) is 44.7 Å². The van der Waals surface area contributed by atoms with Crippen molar-refractivity contribution in [3.05, 3.63) is 59.7 Å². The largest absolute Gasteiger partial charge is 0.459 e. The van der Waals surface area contributed by atoms with E-state index in [4.69, 9.17) is 9.47 Å². The average Bonchev–Trinajstić information content (AvgIpc) is 2.71. The van der Waals surface area contributed by atoms with Crippen LogP contribution in [0.25, 0.3) is 0 Å². The molecule has 2 aromatic rings. The number of esters is 2. The Morgan fingerprint density at radius 1 is 0.968 bits per heavy atom. The number of nitrogens with one attached hydrogen (secondary N) is 1. The molecule has 9 heteroatoms. The fraction of sp³-hybridized carbons (Fsp3) is 0.318. The van der Waals surface area contributed by atoms with Gasteiger partial charge >= 0.3 is 11.9 Å². The van der Waals surface area contributed by atoms with Crippen molar-refractivity contribution in [2.24, 2.45) is 0 Å². The van der Waals surface area contributed by atoms with Gasteiger partial charge in [-0.1, -0.05) is 17.7 Å². The molecule has 0 saturated carbocycles. The van der Waals surface area contributed by atoms with E-state index in [2.05, 4.69) is 5.32 Å². The van der Waals surface area contributed by atoms with Gasteiger partial charge in [0.05, 0.1) is 28.7 Å². The second kappa shape index (κ2) is 10.7. The first-order valence-corrected chi connectivity index (χ1v) is 11.3. The Morgan fingerprint density at radius 2 is 1.58 bits per heavy atom. The lowest BCUT2D eigenvalue weighted by molar-refractivity contribution is -0.146. The molecule has 0 aliphatic heterocycles. The van der Waals surface area contributed by atoms with Crippen LogP contribution in [0.1, 0.15) is 36.2 Å². The zero-order valence-electron chi connectivity index (χ0n) is 17.6. The Hall–Kier alpha value is -3.20. The average molecular weight is 448 g/mol. The van der Waals surface area contributed by atoms with E-state index in [0.29, 0.717) is 11.3 Å². The molecule has 0 heterocycles.